The molecule has 0 saturated heterocycles. The van der Waals surface area contributed by atoms with Crippen molar-refractivity contribution in [1.29, 1.82) is 0 Å². The van der Waals surface area contributed by atoms with Gasteiger partial charge in [-0.1, -0.05) is 29.8 Å². The van der Waals surface area contributed by atoms with Gasteiger partial charge in [0.2, 0.25) is 0 Å². The van der Waals surface area contributed by atoms with Crippen molar-refractivity contribution in [3.63, 3.8) is 0 Å². The number of ether oxygens (including phenoxy) is 3. The van der Waals surface area contributed by atoms with Crippen LogP contribution in [0.15, 0.2) is 48.7 Å². The molecule has 5 heteroatoms. The lowest BCUT2D eigenvalue weighted by Gasteiger charge is -2.30. The van der Waals surface area contributed by atoms with Gasteiger partial charge in [-0.2, -0.15) is 0 Å². The molecule has 0 fully saturated rings. The van der Waals surface area contributed by atoms with E-state index in [9.17, 15) is 4.79 Å². The molecule has 3 aromatic carbocycles. The largest absolute Gasteiger partial charge is 0.493 e. The topological polar surface area (TPSA) is 57.7 Å². The summed E-state index contributed by atoms with van der Waals surface area (Å²) in [6, 6.07) is 14.7. The van der Waals surface area contributed by atoms with Crippen LogP contribution in [0.5, 0.6) is 5.75 Å². The van der Waals surface area contributed by atoms with Crippen LogP contribution in [0.1, 0.15) is 56.1 Å². The van der Waals surface area contributed by atoms with Crippen LogP contribution in [0.25, 0.3) is 32.8 Å². The van der Waals surface area contributed by atoms with E-state index >= 15 is 0 Å². The highest BCUT2D eigenvalue weighted by Gasteiger charge is 2.33. The molecule has 1 aliphatic rings. The molecule has 186 valence electrons. The third-order valence-electron chi connectivity index (χ3n) is 6.62. The summed E-state index contributed by atoms with van der Waals surface area (Å²) in [6.45, 7) is 12.8. The highest BCUT2D eigenvalue weighted by Crippen LogP contribution is 2.45. The number of pyridine rings is 1. The average Bonchev–Trinajstić information content (AvgIpc) is 2.82. The van der Waals surface area contributed by atoms with E-state index in [1.807, 2.05) is 46.9 Å². The van der Waals surface area contributed by atoms with Gasteiger partial charge in [-0.15, -0.1) is 0 Å². The summed E-state index contributed by atoms with van der Waals surface area (Å²) in [5.74, 6) is 0.465. The lowest BCUT2D eigenvalue weighted by molar-refractivity contribution is -0.166. The Kier molecular flexibility index (Phi) is 6.21. The molecule has 36 heavy (non-hydrogen) atoms. The predicted octanol–water partition coefficient (Wildman–Crippen LogP) is 7.03. The van der Waals surface area contributed by atoms with E-state index in [-0.39, 0.29) is 12.6 Å². The van der Waals surface area contributed by atoms with Crippen molar-refractivity contribution in [1.82, 2.24) is 4.98 Å². The molecule has 5 rings (SSSR count). The van der Waals surface area contributed by atoms with Gasteiger partial charge in [-0.25, -0.2) is 4.79 Å². The van der Waals surface area contributed by atoms with Crippen molar-refractivity contribution >= 4 is 27.6 Å². The molecular weight excluding hydrogens is 450 g/mol. The molecule has 0 amide bonds. The number of hydrogen-bond donors (Lipinski definition) is 0. The summed E-state index contributed by atoms with van der Waals surface area (Å²) >= 11 is 0. The van der Waals surface area contributed by atoms with E-state index in [0.29, 0.717) is 6.61 Å². The summed E-state index contributed by atoms with van der Waals surface area (Å²) in [7, 11) is 0. The molecule has 5 nitrogen and oxygen atoms in total. The lowest BCUT2D eigenvalue weighted by atomic mass is 9.85. The number of aromatic nitrogens is 1. The van der Waals surface area contributed by atoms with Gasteiger partial charge in [-0.3, -0.25) is 4.98 Å². The van der Waals surface area contributed by atoms with Crippen LogP contribution in [-0.2, 0) is 20.7 Å². The molecule has 1 atom stereocenters. The van der Waals surface area contributed by atoms with Crippen molar-refractivity contribution in [3.8, 4) is 16.9 Å². The van der Waals surface area contributed by atoms with Crippen molar-refractivity contribution in [2.24, 2.45) is 0 Å². The Morgan fingerprint density at radius 1 is 1.11 bits per heavy atom. The zero-order valence-corrected chi connectivity index (χ0v) is 21.9. The number of carbonyl (C=O) groups excluding carboxylic acids is 1. The molecule has 1 unspecified atom stereocenters. The SMILES string of the molecule is CCOC(=O)C(OC(C)(C)C)c1c(C)cc2cc(C)ccc2c1-c1ccc2c3c(ccnc13)CCO2. The summed E-state index contributed by atoms with van der Waals surface area (Å²) < 4.78 is 17.9. The van der Waals surface area contributed by atoms with Gasteiger partial charge in [0.25, 0.3) is 0 Å². The summed E-state index contributed by atoms with van der Waals surface area (Å²) in [5.41, 5.74) is 6.42. The molecule has 1 aromatic heterocycles. The zero-order valence-electron chi connectivity index (χ0n) is 21.9. The molecule has 0 spiro atoms. The van der Waals surface area contributed by atoms with E-state index in [2.05, 4.69) is 43.3 Å². The van der Waals surface area contributed by atoms with Gasteiger partial charge in [0.15, 0.2) is 6.10 Å². The monoisotopic (exact) mass is 483 g/mol. The van der Waals surface area contributed by atoms with Crippen molar-refractivity contribution < 1.29 is 19.0 Å². The molecular formula is C31H33NO4. The van der Waals surface area contributed by atoms with Crippen LogP contribution in [0.3, 0.4) is 0 Å². The standard InChI is InChI=1S/C31H33NO4/c1-7-34-30(33)29(36-31(4,5)6)25-19(3)17-21-16-18(2)8-9-22(21)27(25)23-10-11-24-26-20(13-15-35-24)12-14-32-28(23)26/h8-12,14,16-17,29H,7,13,15H2,1-6H3. The van der Waals surface area contributed by atoms with E-state index < -0.39 is 11.7 Å². The number of fused-ring (bicyclic) bond motifs is 1. The Morgan fingerprint density at radius 3 is 2.67 bits per heavy atom. The van der Waals surface area contributed by atoms with Crippen LogP contribution < -0.4 is 4.74 Å². The second-order valence-electron chi connectivity index (χ2n) is 10.5. The third kappa shape index (κ3) is 4.33. The lowest BCUT2D eigenvalue weighted by Crippen LogP contribution is -2.29. The second kappa shape index (κ2) is 9.21. The van der Waals surface area contributed by atoms with Crippen LogP contribution >= 0.6 is 0 Å². The molecule has 0 saturated carbocycles. The van der Waals surface area contributed by atoms with E-state index in [0.717, 1.165) is 56.1 Å². The van der Waals surface area contributed by atoms with E-state index in [1.54, 1.807) is 0 Å². The number of benzene rings is 3. The second-order valence-corrected chi connectivity index (χ2v) is 10.5. The number of aryl methyl sites for hydroxylation is 2. The van der Waals surface area contributed by atoms with Crippen LogP contribution in [0.2, 0.25) is 0 Å². The number of nitrogens with zero attached hydrogens (tertiary/aromatic N) is 1. The first-order valence-corrected chi connectivity index (χ1v) is 12.6. The van der Waals surface area contributed by atoms with Crippen LogP contribution in [0.4, 0.5) is 0 Å². The van der Waals surface area contributed by atoms with Gasteiger partial charge in [0, 0.05) is 29.1 Å². The smallest absolute Gasteiger partial charge is 0.339 e. The number of rotatable bonds is 5. The molecule has 0 N–H and O–H groups in total. The first kappa shape index (κ1) is 24.3. The first-order chi connectivity index (χ1) is 17.2. The third-order valence-corrected chi connectivity index (χ3v) is 6.62. The van der Waals surface area contributed by atoms with E-state index in [1.165, 1.54) is 11.1 Å². The maximum absolute atomic E-state index is 13.4. The Morgan fingerprint density at radius 2 is 1.92 bits per heavy atom. The maximum atomic E-state index is 13.4. The Balaban J connectivity index is 1.89. The molecule has 0 aliphatic carbocycles. The number of esters is 1. The van der Waals surface area contributed by atoms with Crippen LogP contribution in [-0.4, -0.2) is 29.8 Å². The minimum atomic E-state index is -0.882. The van der Waals surface area contributed by atoms with Gasteiger partial charge in [0.1, 0.15) is 5.75 Å². The van der Waals surface area contributed by atoms with E-state index in [4.69, 9.17) is 19.2 Å². The Labute approximate surface area is 212 Å². The van der Waals surface area contributed by atoms with Gasteiger partial charge >= 0.3 is 5.97 Å². The fourth-order valence-corrected chi connectivity index (χ4v) is 5.21. The van der Waals surface area contributed by atoms with Gasteiger partial charge in [0.05, 0.1) is 24.3 Å². The minimum absolute atomic E-state index is 0.282. The molecule has 4 aromatic rings. The quantitative estimate of drug-likeness (QED) is 0.285. The fraction of sp³-hybridized carbons (Fsp3) is 0.355. The first-order valence-electron chi connectivity index (χ1n) is 12.6. The summed E-state index contributed by atoms with van der Waals surface area (Å²) in [5, 5.41) is 3.20. The maximum Gasteiger partial charge on any atom is 0.339 e. The fourth-order valence-electron chi connectivity index (χ4n) is 5.21. The van der Waals surface area contributed by atoms with Gasteiger partial charge < -0.3 is 14.2 Å². The summed E-state index contributed by atoms with van der Waals surface area (Å²) in [6.07, 6.45) is 1.83. The molecule has 2 heterocycles. The predicted molar refractivity (Wildman–Crippen MR) is 144 cm³/mol. The highest BCUT2D eigenvalue weighted by atomic mass is 16.6. The van der Waals surface area contributed by atoms with Crippen molar-refractivity contribution in [2.45, 2.75) is 59.7 Å². The minimum Gasteiger partial charge on any atom is -0.493 e. The van der Waals surface area contributed by atoms with Crippen LogP contribution in [0, 0.1) is 13.8 Å². The Hall–Kier alpha value is -3.44. The molecule has 0 bridgehead atoms. The molecule has 1 aliphatic heterocycles. The highest BCUT2D eigenvalue weighted by molar-refractivity contribution is 6.09. The number of hydrogen-bond acceptors (Lipinski definition) is 5. The summed E-state index contributed by atoms with van der Waals surface area (Å²) in [4.78, 5) is 18.2. The Bertz CT molecular complexity index is 1470. The average molecular weight is 484 g/mol. The zero-order chi connectivity index (χ0) is 25.6. The van der Waals surface area contributed by atoms with Crippen molar-refractivity contribution in [2.75, 3.05) is 13.2 Å². The normalized spacial score (nSPS) is 14.1. The van der Waals surface area contributed by atoms with Crippen molar-refractivity contribution in [3.05, 3.63) is 70.9 Å². The van der Waals surface area contributed by atoms with Gasteiger partial charge in [-0.05, 0) is 87.2 Å². The molecule has 0 radical (unpaired) electrons. The number of carbonyl (C=O) groups is 1.